The highest BCUT2D eigenvalue weighted by Crippen LogP contribution is 2.33. The monoisotopic (exact) mass is 285 g/mol. The molecule has 1 heterocycles. The summed E-state index contributed by atoms with van der Waals surface area (Å²) in [5, 5.41) is 2.81. The molecule has 0 spiro atoms. The first kappa shape index (κ1) is 13.3. The van der Waals surface area contributed by atoms with Gasteiger partial charge in [0.15, 0.2) is 0 Å². The van der Waals surface area contributed by atoms with Crippen LogP contribution in [0.1, 0.15) is 37.9 Å². The third kappa shape index (κ3) is 2.16. The van der Waals surface area contributed by atoms with Crippen molar-refractivity contribution in [3.05, 3.63) is 70.5 Å². The Morgan fingerprint density at radius 1 is 1.19 bits per heavy atom. The number of halogens is 1. The third-order valence-corrected chi connectivity index (χ3v) is 3.52. The van der Waals surface area contributed by atoms with Gasteiger partial charge in [-0.3, -0.25) is 4.79 Å². The molecule has 2 aromatic rings. The molecule has 1 N–H and O–H groups in total. The molecule has 2 aromatic carbocycles. The van der Waals surface area contributed by atoms with Crippen molar-refractivity contribution >= 4 is 11.9 Å². The molecule has 106 valence electrons. The summed E-state index contributed by atoms with van der Waals surface area (Å²) in [6.07, 6.45) is 0. The normalized spacial score (nSPS) is 16.3. The molecule has 0 radical (unpaired) electrons. The van der Waals surface area contributed by atoms with E-state index in [0.29, 0.717) is 11.1 Å². The van der Waals surface area contributed by atoms with Crippen LogP contribution in [0.4, 0.5) is 4.39 Å². The highest BCUT2D eigenvalue weighted by molar-refractivity contribution is 6.08. The minimum atomic E-state index is -0.554. The minimum Gasteiger partial charge on any atom is -0.465 e. The van der Waals surface area contributed by atoms with Crippen LogP contribution in [0.5, 0.6) is 0 Å². The van der Waals surface area contributed by atoms with Crippen molar-refractivity contribution in [3.8, 4) is 0 Å². The molecule has 1 atom stereocenters. The molecule has 0 aromatic heterocycles. The van der Waals surface area contributed by atoms with Crippen molar-refractivity contribution in [1.29, 1.82) is 0 Å². The number of amides is 1. The average Bonchev–Trinajstić information content (AvgIpc) is 2.85. The first-order valence-electron chi connectivity index (χ1n) is 6.39. The lowest BCUT2D eigenvalue weighted by molar-refractivity contribution is 0.0597. The van der Waals surface area contributed by atoms with Gasteiger partial charge >= 0.3 is 5.97 Å². The second-order valence-corrected chi connectivity index (χ2v) is 4.72. The zero-order valence-electron chi connectivity index (χ0n) is 11.2. The summed E-state index contributed by atoms with van der Waals surface area (Å²) in [5.74, 6) is -1.23. The van der Waals surface area contributed by atoms with Gasteiger partial charge < -0.3 is 10.1 Å². The van der Waals surface area contributed by atoms with Gasteiger partial charge in [0, 0.05) is 0 Å². The highest BCUT2D eigenvalue weighted by Gasteiger charge is 2.33. The van der Waals surface area contributed by atoms with Crippen molar-refractivity contribution < 1.29 is 18.7 Å². The second kappa shape index (κ2) is 5.01. The smallest absolute Gasteiger partial charge is 0.338 e. The number of benzene rings is 2. The van der Waals surface area contributed by atoms with E-state index >= 15 is 0 Å². The Bertz CT molecular complexity index is 725. The number of carbonyl (C=O) groups is 2. The van der Waals surface area contributed by atoms with E-state index in [4.69, 9.17) is 4.74 Å². The predicted octanol–water partition coefficient (Wildman–Crippen LogP) is 2.45. The molecule has 21 heavy (non-hydrogen) atoms. The number of ether oxygens (including phenoxy) is 1. The zero-order chi connectivity index (χ0) is 15.0. The molecule has 0 saturated heterocycles. The van der Waals surface area contributed by atoms with E-state index in [9.17, 15) is 14.0 Å². The van der Waals surface area contributed by atoms with Gasteiger partial charge in [-0.2, -0.15) is 0 Å². The van der Waals surface area contributed by atoms with Crippen LogP contribution in [0.3, 0.4) is 0 Å². The van der Waals surface area contributed by atoms with Crippen LogP contribution in [-0.4, -0.2) is 19.0 Å². The van der Waals surface area contributed by atoms with Crippen LogP contribution in [-0.2, 0) is 4.74 Å². The van der Waals surface area contributed by atoms with Gasteiger partial charge in [0.1, 0.15) is 5.82 Å². The number of nitrogens with one attached hydrogen (secondary N) is 1. The third-order valence-electron chi connectivity index (χ3n) is 3.52. The lowest BCUT2D eigenvalue weighted by Gasteiger charge is -2.12. The summed E-state index contributed by atoms with van der Waals surface area (Å²) in [6.45, 7) is 0. The Hall–Kier alpha value is -2.69. The molecule has 5 heteroatoms. The molecule has 0 bridgehead atoms. The van der Waals surface area contributed by atoms with Crippen molar-refractivity contribution in [1.82, 2.24) is 5.32 Å². The topological polar surface area (TPSA) is 55.4 Å². The van der Waals surface area contributed by atoms with Gasteiger partial charge in [-0.1, -0.05) is 24.3 Å². The van der Waals surface area contributed by atoms with E-state index in [0.717, 1.165) is 5.56 Å². The maximum absolute atomic E-state index is 13.0. The molecule has 0 fully saturated rings. The lowest BCUT2D eigenvalue weighted by Crippen LogP contribution is -2.20. The molecule has 4 nitrogen and oxygen atoms in total. The van der Waals surface area contributed by atoms with Gasteiger partial charge in [-0.05, 0) is 29.3 Å². The van der Waals surface area contributed by atoms with E-state index in [2.05, 4.69) is 5.32 Å². The van der Waals surface area contributed by atoms with Gasteiger partial charge in [-0.25, -0.2) is 9.18 Å². The number of rotatable bonds is 2. The molecule has 3 rings (SSSR count). The number of fused-ring (bicyclic) bond motifs is 1. The molecule has 0 aliphatic carbocycles. The molecule has 1 aliphatic heterocycles. The predicted molar refractivity (Wildman–Crippen MR) is 73.5 cm³/mol. The van der Waals surface area contributed by atoms with Crippen LogP contribution in [0.2, 0.25) is 0 Å². The van der Waals surface area contributed by atoms with Crippen molar-refractivity contribution in [2.75, 3.05) is 7.11 Å². The van der Waals surface area contributed by atoms with E-state index in [-0.39, 0.29) is 17.3 Å². The minimum absolute atomic E-state index is 0.233. The number of methoxy groups -OCH3 is 1. The summed E-state index contributed by atoms with van der Waals surface area (Å²) >= 11 is 0. The van der Waals surface area contributed by atoms with Gasteiger partial charge in [-0.15, -0.1) is 0 Å². The van der Waals surface area contributed by atoms with Crippen LogP contribution in [0, 0.1) is 5.82 Å². The average molecular weight is 285 g/mol. The summed E-state index contributed by atoms with van der Waals surface area (Å²) in [4.78, 5) is 23.9. The number of carbonyl (C=O) groups excluding carboxylic acids is 2. The summed E-state index contributed by atoms with van der Waals surface area (Å²) < 4.78 is 17.7. The molecule has 1 aliphatic rings. The Morgan fingerprint density at radius 3 is 2.57 bits per heavy atom. The van der Waals surface area contributed by atoms with Crippen LogP contribution in [0.25, 0.3) is 0 Å². The number of hydrogen-bond donors (Lipinski definition) is 1. The van der Waals surface area contributed by atoms with Gasteiger partial charge in [0.2, 0.25) is 0 Å². The largest absolute Gasteiger partial charge is 0.465 e. The summed E-state index contributed by atoms with van der Waals surface area (Å²) in [5.41, 5.74) is 2.00. The second-order valence-electron chi connectivity index (χ2n) is 4.72. The van der Waals surface area contributed by atoms with Crippen LogP contribution >= 0.6 is 0 Å². The van der Waals surface area contributed by atoms with Crippen molar-refractivity contribution in [3.63, 3.8) is 0 Å². The maximum Gasteiger partial charge on any atom is 0.338 e. The fourth-order valence-electron chi connectivity index (χ4n) is 2.54. The SMILES string of the molecule is COC(=O)c1cccc2c1C(=O)NC2c1ccc(F)cc1. The number of esters is 1. The highest BCUT2D eigenvalue weighted by atomic mass is 19.1. The van der Waals surface area contributed by atoms with Crippen LogP contribution < -0.4 is 5.32 Å². The summed E-state index contributed by atoms with van der Waals surface area (Å²) in [6, 6.07) is 10.5. The Labute approximate surface area is 120 Å². The maximum atomic E-state index is 13.0. The van der Waals surface area contributed by atoms with Crippen LogP contribution in [0.15, 0.2) is 42.5 Å². The lowest BCUT2D eigenvalue weighted by atomic mass is 9.95. The van der Waals surface area contributed by atoms with E-state index in [1.165, 1.54) is 19.2 Å². The first-order valence-corrected chi connectivity index (χ1v) is 6.39. The molecular weight excluding hydrogens is 273 g/mol. The fraction of sp³-hybridized carbons (Fsp3) is 0.125. The fourth-order valence-corrected chi connectivity index (χ4v) is 2.54. The van der Waals surface area contributed by atoms with Crippen molar-refractivity contribution in [2.45, 2.75) is 6.04 Å². The van der Waals surface area contributed by atoms with E-state index < -0.39 is 12.0 Å². The Kier molecular flexibility index (Phi) is 3.17. The van der Waals surface area contributed by atoms with Gasteiger partial charge in [0.05, 0.1) is 24.3 Å². The number of hydrogen-bond acceptors (Lipinski definition) is 3. The van der Waals surface area contributed by atoms with Crippen molar-refractivity contribution in [2.24, 2.45) is 0 Å². The summed E-state index contributed by atoms with van der Waals surface area (Å²) in [7, 11) is 1.27. The zero-order valence-corrected chi connectivity index (χ0v) is 11.2. The molecule has 0 saturated carbocycles. The quantitative estimate of drug-likeness (QED) is 0.862. The Morgan fingerprint density at radius 2 is 1.90 bits per heavy atom. The van der Waals surface area contributed by atoms with Gasteiger partial charge in [0.25, 0.3) is 5.91 Å². The molecule has 1 unspecified atom stereocenters. The van der Waals surface area contributed by atoms with E-state index in [1.54, 1.807) is 30.3 Å². The molecular formula is C16H12FNO3. The Balaban J connectivity index is 2.10. The van der Waals surface area contributed by atoms with E-state index in [1.807, 2.05) is 0 Å². The first-order chi connectivity index (χ1) is 10.1. The standard InChI is InChI=1S/C16H12FNO3/c1-21-16(20)12-4-2-3-11-13(12)15(19)18-14(11)9-5-7-10(17)8-6-9/h2-8,14H,1H3,(H,18,19). The molecule has 1 amide bonds.